The van der Waals surface area contributed by atoms with Gasteiger partial charge in [0.2, 0.25) is 0 Å². The van der Waals surface area contributed by atoms with Crippen molar-refractivity contribution in [1.82, 2.24) is 10.2 Å². The molecule has 1 rings (SSSR count). The van der Waals surface area contributed by atoms with Gasteiger partial charge in [-0.15, -0.1) is 0 Å². The van der Waals surface area contributed by atoms with Gasteiger partial charge in [0.25, 0.3) is 0 Å². The molecule has 2 nitrogen and oxygen atoms in total. The molecule has 3 atom stereocenters. The molecule has 0 saturated heterocycles. The quantitative estimate of drug-likeness (QED) is 0.842. The molecule has 0 aliphatic rings. The molecule has 0 spiro atoms. The van der Waals surface area contributed by atoms with Gasteiger partial charge in [0, 0.05) is 18.1 Å². The summed E-state index contributed by atoms with van der Waals surface area (Å²) in [7, 11) is 4.28. The van der Waals surface area contributed by atoms with E-state index in [2.05, 4.69) is 83.2 Å². The molecule has 0 aliphatic heterocycles. The molecule has 0 amide bonds. The van der Waals surface area contributed by atoms with Gasteiger partial charge in [-0.1, -0.05) is 43.7 Å². The number of nitrogens with one attached hydrogen (secondary N) is 1. The Morgan fingerprint density at radius 2 is 1.47 bits per heavy atom. The Morgan fingerprint density at radius 1 is 0.947 bits per heavy atom. The maximum absolute atomic E-state index is 3.47. The van der Waals surface area contributed by atoms with Gasteiger partial charge >= 0.3 is 0 Å². The van der Waals surface area contributed by atoms with Crippen LogP contribution >= 0.6 is 0 Å². The predicted molar refractivity (Wildman–Crippen MR) is 84.5 cm³/mol. The second-order valence-electron chi connectivity index (χ2n) is 6.07. The maximum Gasteiger partial charge on any atom is 0.0473 e. The van der Waals surface area contributed by atoms with E-state index in [-0.39, 0.29) is 0 Å². The van der Waals surface area contributed by atoms with E-state index in [1.807, 2.05) is 0 Å². The molecule has 19 heavy (non-hydrogen) atoms. The van der Waals surface area contributed by atoms with E-state index < -0.39 is 0 Å². The van der Waals surface area contributed by atoms with Gasteiger partial charge in [0.1, 0.15) is 0 Å². The first-order valence-electron chi connectivity index (χ1n) is 7.34. The summed E-state index contributed by atoms with van der Waals surface area (Å²) in [5, 5.41) is 3.47. The van der Waals surface area contributed by atoms with Crippen LogP contribution < -0.4 is 5.32 Å². The number of aryl methyl sites for hydroxylation is 1. The van der Waals surface area contributed by atoms with E-state index in [0.29, 0.717) is 24.0 Å². The van der Waals surface area contributed by atoms with Crippen LogP contribution in [0.25, 0.3) is 0 Å². The molecular weight excluding hydrogens is 232 g/mol. The van der Waals surface area contributed by atoms with Crippen LogP contribution in [0.2, 0.25) is 0 Å². The lowest BCUT2D eigenvalue weighted by molar-refractivity contribution is 0.131. The van der Waals surface area contributed by atoms with E-state index in [9.17, 15) is 0 Å². The molecule has 1 N–H and O–H groups in total. The summed E-state index contributed by atoms with van der Waals surface area (Å²) >= 11 is 0. The normalized spacial score (nSPS) is 16.7. The van der Waals surface area contributed by atoms with Crippen molar-refractivity contribution < 1.29 is 0 Å². The monoisotopic (exact) mass is 262 g/mol. The number of hydrogen-bond donors (Lipinski definition) is 1. The van der Waals surface area contributed by atoms with E-state index >= 15 is 0 Å². The molecule has 0 fully saturated rings. The summed E-state index contributed by atoms with van der Waals surface area (Å²) in [6.45, 7) is 11.3. The Balaban J connectivity index is 2.87. The first-order chi connectivity index (χ1) is 8.88. The third-order valence-corrected chi connectivity index (χ3v) is 4.48. The van der Waals surface area contributed by atoms with E-state index in [4.69, 9.17) is 0 Å². The highest BCUT2D eigenvalue weighted by molar-refractivity contribution is 5.25. The average Bonchev–Trinajstić information content (AvgIpc) is 2.39. The molecule has 0 bridgehead atoms. The van der Waals surface area contributed by atoms with Gasteiger partial charge < -0.3 is 5.32 Å². The zero-order valence-electron chi connectivity index (χ0n) is 13.6. The smallest absolute Gasteiger partial charge is 0.0473 e. The van der Waals surface area contributed by atoms with Crippen LogP contribution in [0.4, 0.5) is 0 Å². The van der Waals surface area contributed by atoms with Crippen molar-refractivity contribution >= 4 is 0 Å². The zero-order chi connectivity index (χ0) is 14.6. The van der Waals surface area contributed by atoms with E-state index in [0.717, 1.165) is 0 Å². The fourth-order valence-electron chi connectivity index (χ4n) is 2.54. The highest BCUT2D eigenvalue weighted by Gasteiger charge is 2.25. The maximum atomic E-state index is 3.47. The summed E-state index contributed by atoms with van der Waals surface area (Å²) in [4.78, 5) is 2.48. The van der Waals surface area contributed by atoms with E-state index in [1.165, 1.54) is 11.1 Å². The van der Waals surface area contributed by atoms with Crippen molar-refractivity contribution in [2.75, 3.05) is 14.1 Å². The molecule has 0 radical (unpaired) electrons. The van der Waals surface area contributed by atoms with Crippen molar-refractivity contribution in [2.45, 2.75) is 52.7 Å². The number of nitrogens with zero attached hydrogens (tertiary/aromatic N) is 1. The summed E-state index contributed by atoms with van der Waals surface area (Å²) in [6, 6.07) is 10.3. The standard InChI is InChI=1S/C17H30N2/c1-12(2)14(4)19(7)15(5)17(18-6)16-10-8-13(3)9-11-16/h8-12,14-15,17-18H,1-7H3. The number of hydrogen-bond acceptors (Lipinski definition) is 2. The minimum absolute atomic E-state index is 0.367. The lowest BCUT2D eigenvalue weighted by atomic mass is 9.95. The molecule has 0 aromatic heterocycles. The summed E-state index contributed by atoms with van der Waals surface area (Å²) in [6.07, 6.45) is 0. The third kappa shape index (κ3) is 4.05. The Morgan fingerprint density at radius 3 is 1.89 bits per heavy atom. The molecule has 1 aromatic rings. The van der Waals surface area contributed by atoms with Crippen LogP contribution in [-0.2, 0) is 0 Å². The first-order valence-corrected chi connectivity index (χ1v) is 7.34. The Hall–Kier alpha value is -0.860. The van der Waals surface area contributed by atoms with Crippen molar-refractivity contribution in [1.29, 1.82) is 0 Å². The third-order valence-electron chi connectivity index (χ3n) is 4.48. The first kappa shape index (κ1) is 16.2. The number of benzene rings is 1. The topological polar surface area (TPSA) is 15.3 Å². The minimum Gasteiger partial charge on any atom is -0.312 e. The second kappa shape index (κ2) is 7.06. The fraction of sp³-hybridized carbons (Fsp3) is 0.647. The van der Waals surface area contributed by atoms with Gasteiger partial charge in [-0.25, -0.2) is 0 Å². The molecule has 2 heteroatoms. The Labute approximate surface area is 119 Å². The largest absolute Gasteiger partial charge is 0.312 e. The fourth-order valence-corrected chi connectivity index (χ4v) is 2.54. The average molecular weight is 262 g/mol. The minimum atomic E-state index is 0.367. The lowest BCUT2D eigenvalue weighted by Gasteiger charge is -2.38. The lowest BCUT2D eigenvalue weighted by Crippen LogP contribution is -2.45. The van der Waals surface area contributed by atoms with Crippen LogP contribution in [0.1, 0.15) is 44.9 Å². The zero-order valence-corrected chi connectivity index (χ0v) is 13.6. The van der Waals surface area contributed by atoms with Gasteiger partial charge in [-0.05, 0) is 46.3 Å². The molecule has 0 heterocycles. The van der Waals surface area contributed by atoms with Crippen LogP contribution in [0.5, 0.6) is 0 Å². The highest BCUT2D eigenvalue weighted by atomic mass is 15.2. The van der Waals surface area contributed by atoms with Crippen LogP contribution in [0.3, 0.4) is 0 Å². The van der Waals surface area contributed by atoms with Gasteiger partial charge in [0.05, 0.1) is 0 Å². The molecule has 3 unspecified atom stereocenters. The SMILES string of the molecule is CNC(c1ccc(C)cc1)C(C)N(C)C(C)C(C)C. The van der Waals surface area contributed by atoms with Crippen LogP contribution in [0, 0.1) is 12.8 Å². The summed E-state index contributed by atoms with van der Waals surface area (Å²) in [5.41, 5.74) is 2.68. The highest BCUT2D eigenvalue weighted by Crippen LogP contribution is 2.23. The van der Waals surface area contributed by atoms with Gasteiger partial charge in [-0.2, -0.15) is 0 Å². The van der Waals surface area contributed by atoms with Crippen molar-refractivity contribution in [3.05, 3.63) is 35.4 Å². The predicted octanol–water partition coefficient (Wildman–Crippen LogP) is 3.62. The number of likely N-dealkylation sites (N-methyl/N-ethyl adjacent to an activating group) is 2. The Kier molecular flexibility index (Phi) is 6.02. The Bertz CT molecular complexity index is 369. The molecule has 0 saturated carbocycles. The second-order valence-corrected chi connectivity index (χ2v) is 6.07. The van der Waals surface area contributed by atoms with Crippen molar-refractivity contribution in [3.63, 3.8) is 0 Å². The van der Waals surface area contributed by atoms with Crippen LogP contribution in [-0.4, -0.2) is 31.1 Å². The summed E-state index contributed by atoms with van der Waals surface area (Å²) in [5.74, 6) is 0.669. The molecule has 0 aliphatic carbocycles. The van der Waals surface area contributed by atoms with Gasteiger partial charge in [0.15, 0.2) is 0 Å². The van der Waals surface area contributed by atoms with Gasteiger partial charge in [-0.3, -0.25) is 4.90 Å². The molecule has 108 valence electrons. The van der Waals surface area contributed by atoms with Crippen LogP contribution in [0.15, 0.2) is 24.3 Å². The molecule has 1 aromatic carbocycles. The number of rotatable bonds is 6. The summed E-state index contributed by atoms with van der Waals surface area (Å²) < 4.78 is 0. The van der Waals surface area contributed by atoms with Crippen molar-refractivity contribution in [2.24, 2.45) is 5.92 Å². The molecular formula is C17H30N2. The van der Waals surface area contributed by atoms with Crippen molar-refractivity contribution in [3.8, 4) is 0 Å². The van der Waals surface area contributed by atoms with E-state index in [1.54, 1.807) is 0 Å².